The molecule has 0 radical (unpaired) electrons. The fourth-order valence-corrected chi connectivity index (χ4v) is 1.58. The summed E-state index contributed by atoms with van der Waals surface area (Å²) in [5, 5.41) is 0.197. The fraction of sp³-hybridized carbons (Fsp3) is 0.250. The molecular weight excluding hydrogens is 184 g/mol. The van der Waals surface area contributed by atoms with Gasteiger partial charge in [0.2, 0.25) is 0 Å². The minimum absolute atomic E-state index is 0.197. The highest BCUT2D eigenvalue weighted by Crippen LogP contribution is 2.31. The third-order valence-electron chi connectivity index (χ3n) is 1.59. The summed E-state index contributed by atoms with van der Waals surface area (Å²) >= 11 is 0. The van der Waals surface area contributed by atoms with Crippen LogP contribution < -0.4 is 5.30 Å². The third kappa shape index (κ3) is 1.78. The maximum absolute atomic E-state index is 12.3. The highest BCUT2D eigenvalue weighted by Gasteiger charge is 2.33. The van der Waals surface area contributed by atoms with Gasteiger partial charge in [0, 0.05) is 0 Å². The molecule has 0 spiro atoms. The zero-order valence-electron chi connectivity index (χ0n) is 6.44. The lowest BCUT2D eigenvalue weighted by Crippen LogP contribution is -2.16. The molecule has 0 nitrogen and oxygen atoms in total. The Balaban J connectivity index is 3.31. The van der Waals surface area contributed by atoms with Crippen LogP contribution in [0, 0.1) is 6.92 Å². The summed E-state index contributed by atoms with van der Waals surface area (Å²) in [5.74, 6) is 0. The van der Waals surface area contributed by atoms with Gasteiger partial charge in [-0.2, -0.15) is 13.2 Å². The standard InChI is InChI=1S/C8H8F3P/c1-5-3-2-4-6(12)7(5)8(9,10)11/h2-4H,12H2,1H3. The SMILES string of the molecule is Cc1cccc(P)c1C(F)(F)F. The Hall–Kier alpha value is -0.560. The number of aryl methyl sites for hydroxylation is 1. The quantitative estimate of drug-likeness (QED) is 0.554. The predicted molar refractivity (Wildman–Crippen MR) is 45.5 cm³/mol. The molecule has 1 atom stereocenters. The Labute approximate surface area is 71.0 Å². The Bertz CT molecular complexity index is 271. The zero-order chi connectivity index (χ0) is 9.35. The van der Waals surface area contributed by atoms with Crippen molar-refractivity contribution in [2.45, 2.75) is 13.1 Å². The molecular formula is C8H8F3P. The lowest BCUT2D eigenvalue weighted by molar-refractivity contribution is -0.137. The van der Waals surface area contributed by atoms with Crippen LogP contribution in [0.2, 0.25) is 0 Å². The fourth-order valence-electron chi connectivity index (χ4n) is 1.08. The van der Waals surface area contributed by atoms with E-state index in [2.05, 4.69) is 9.24 Å². The first-order valence-electron chi connectivity index (χ1n) is 3.35. The average Bonchev–Trinajstić information content (AvgIpc) is 1.82. The van der Waals surface area contributed by atoms with Crippen molar-refractivity contribution in [3.8, 4) is 0 Å². The maximum Gasteiger partial charge on any atom is 0.417 e. The predicted octanol–water partition coefficient (Wildman–Crippen LogP) is 2.51. The third-order valence-corrected chi connectivity index (χ3v) is 2.07. The number of benzene rings is 1. The van der Waals surface area contributed by atoms with Crippen molar-refractivity contribution in [3.63, 3.8) is 0 Å². The van der Waals surface area contributed by atoms with E-state index in [0.717, 1.165) is 0 Å². The molecule has 0 aliphatic heterocycles. The number of rotatable bonds is 0. The minimum atomic E-state index is -4.25. The molecule has 1 aromatic rings. The van der Waals surface area contributed by atoms with Gasteiger partial charge < -0.3 is 0 Å². The molecule has 0 N–H and O–H groups in total. The topological polar surface area (TPSA) is 0 Å². The molecule has 0 fully saturated rings. The van der Waals surface area contributed by atoms with Crippen LogP contribution in [-0.2, 0) is 6.18 Å². The minimum Gasteiger partial charge on any atom is -0.166 e. The van der Waals surface area contributed by atoms with E-state index in [9.17, 15) is 13.2 Å². The Morgan fingerprint density at radius 1 is 1.25 bits per heavy atom. The molecule has 0 aliphatic carbocycles. The second-order valence-corrected chi connectivity index (χ2v) is 3.16. The van der Waals surface area contributed by atoms with Crippen molar-refractivity contribution in [2.24, 2.45) is 0 Å². The first kappa shape index (κ1) is 9.53. The lowest BCUT2D eigenvalue weighted by atomic mass is 10.1. The maximum atomic E-state index is 12.3. The van der Waals surface area contributed by atoms with E-state index in [4.69, 9.17) is 0 Å². The van der Waals surface area contributed by atoms with Crippen LogP contribution in [0.1, 0.15) is 11.1 Å². The molecule has 66 valence electrons. The van der Waals surface area contributed by atoms with Crippen LogP contribution in [0.4, 0.5) is 13.2 Å². The molecule has 4 heteroatoms. The summed E-state index contributed by atoms with van der Waals surface area (Å²) in [5.41, 5.74) is -0.287. The molecule has 0 aromatic heterocycles. The van der Waals surface area contributed by atoms with Crippen molar-refractivity contribution in [3.05, 3.63) is 29.3 Å². The smallest absolute Gasteiger partial charge is 0.166 e. The van der Waals surface area contributed by atoms with Crippen LogP contribution in [0.15, 0.2) is 18.2 Å². The second kappa shape index (κ2) is 3.06. The summed E-state index contributed by atoms with van der Waals surface area (Å²) in [6.45, 7) is 1.45. The van der Waals surface area contributed by atoms with Crippen LogP contribution >= 0.6 is 9.24 Å². The van der Waals surface area contributed by atoms with E-state index in [0.29, 0.717) is 0 Å². The van der Waals surface area contributed by atoms with E-state index >= 15 is 0 Å². The zero-order valence-corrected chi connectivity index (χ0v) is 7.60. The summed E-state index contributed by atoms with van der Waals surface area (Å²) in [6, 6.07) is 4.49. The average molecular weight is 192 g/mol. The van der Waals surface area contributed by atoms with E-state index in [1.807, 2.05) is 0 Å². The van der Waals surface area contributed by atoms with Gasteiger partial charge >= 0.3 is 6.18 Å². The van der Waals surface area contributed by atoms with Crippen molar-refractivity contribution < 1.29 is 13.2 Å². The number of hydrogen-bond donors (Lipinski definition) is 0. The van der Waals surface area contributed by atoms with Crippen molar-refractivity contribution in [1.82, 2.24) is 0 Å². The molecule has 0 saturated heterocycles. The van der Waals surface area contributed by atoms with Crippen molar-refractivity contribution >= 4 is 14.5 Å². The van der Waals surface area contributed by atoms with E-state index in [1.165, 1.54) is 19.1 Å². The molecule has 0 heterocycles. The normalized spacial score (nSPS) is 11.8. The van der Waals surface area contributed by atoms with Crippen LogP contribution in [0.25, 0.3) is 0 Å². The summed E-state index contributed by atoms with van der Waals surface area (Å²) < 4.78 is 36.9. The Morgan fingerprint density at radius 3 is 2.17 bits per heavy atom. The molecule has 0 aliphatic rings. The van der Waals surface area contributed by atoms with Crippen LogP contribution in [-0.4, -0.2) is 0 Å². The van der Waals surface area contributed by atoms with Crippen molar-refractivity contribution in [2.75, 3.05) is 0 Å². The van der Waals surface area contributed by atoms with Crippen LogP contribution in [0.5, 0.6) is 0 Å². The van der Waals surface area contributed by atoms with Gasteiger partial charge in [-0.05, 0) is 17.8 Å². The van der Waals surface area contributed by atoms with Crippen molar-refractivity contribution in [1.29, 1.82) is 0 Å². The molecule has 1 rings (SSSR count). The number of hydrogen-bond acceptors (Lipinski definition) is 0. The van der Waals surface area contributed by atoms with Gasteiger partial charge in [0.1, 0.15) is 0 Å². The van der Waals surface area contributed by atoms with Gasteiger partial charge in [0.25, 0.3) is 0 Å². The molecule has 0 bridgehead atoms. The summed E-state index contributed by atoms with van der Waals surface area (Å²) in [4.78, 5) is 0. The Kier molecular flexibility index (Phi) is 2.43. The van der Waals surface area contributed by atoms with Gasteiger partial charge in [0.15, 0.2) is 0 Å². The largest absolute Gasteiger partial charge is 0.417 e. The molecule has 0 amide bonds. The Morgan fingerprint density at radius 2 is 1.83 bits per heavy atom. The molecule has 0 saturated carbocycles. The van der Waals surface area contributed by atoms with Gasteiger partial charge in [-0.3, -0.25) is 0 Å². The molecule has 1 unspecified atom stereocenters. The first-order chi connectivity index (χ1) is 5.43. The summed E-state index contributed by atoms with van der Waals surface area (Å²) in [6.07, 6.45) is -4.25. The van der Waals surface area contributed by atoms with Gasteiger partial charge in [-0.1, -0.05) is 18.2 Å². The number of alkyl halides is 3. The highest BCUT2D eigenvalue weighted by atomic mass is 31.0. The first-order valence-corrected chi connectivity index (χ1v) is 3.93. The van der Waals surface area contributed by atoms with E-state index in [-0.39, 0.29) is 10.9 Å². The van der Waals surface area contributed by atoms with Gasteiger partial charge in [0.05, 0.1) is 5.56 Å². The molecule has 12 heavy (non-hydrogen) atoms. The molecule has 1 aromatic carbocycles. The monoisotopic (exact) mass is 192 g/mol. The van der Waals surface area contributed by atoms with Gasteiger partial charge in [-0.25, -0.2) is 0 Å². The number of halogens is 3. The summed E-state index contributed by atoms with van der Waals surface area (Å²) in [7, 11) is 2.09. The van der Waals surface area contributed by atoms with E-state index < -0.39 is 11.7 Å². The van der Waals surface area contributed by atoms with Gasteiger partial charge in [-0.15, -0.1) is 9.24 Å². The van der Waals surface area contributed by atoms with Crippen LogP contribution in [0.3, 0.4) is 0 Å². The second-order valence-electron chi connectivity index (χ2n) is 2.54. The highest BCUT2D eigenvalue weighted by molar-refractivity contribution is 7.27. The van der Waals surface area contributed by atoms with E-state index in [1.54, 1.807) is 6.07 Å². The lowest BCUT2D eigenvalue weighted by Gasteiger charge is -2.12.